The van der Waals surface area contributed by atoms with E-state index >= 15 is 0 Å². The van der Waals surface area contributed by atoms with Crippen molar-refractivity contribution in [1.82, 2.24) is 5.32 Å². The Bertz CT molecular complexity index is 462. The van der Waals surface area contributed by atoms with Crippen molar-refractivity contribution in [1.29, 1.82) is 0 Å². The van der Waals surface area contributed by atoms with Gasteiger partial charge in [0.05, 0.1) is 18.3 Å². The van der Waals surface area contributed by atoms with Crippen molar-refractivity contribution in [2.75, 3.05) is 0 Å². The molecule has 2 bridgehead atoms. The molecule has 2 saturated heterocycles. The maximum Gasteiger partial charge on any atom is 0.416 e. The third kappa shape index (κ3) is 2.99. The molecule has 0 amide bonds. The van der Waals surface area contributed by atoms with Crippen molar-refractivity contribution >= 4 is 0 Å². The number of hydrogen-bond donors (Lipinski definition) is 1. The molecule has 20 heavy (non-hydrogen) atoms. The van der Waals surface area contributed by atoms with E-state index in [0.29, 0.717) is 12.1 Å². The summed E-state index contributed by atoms with van der Waals surface area (Å²) >= 11 is 0. The lowest BCUT2D eigenvalue weighted by Crippen LogP contribution is -2.41. The van der Waals surface area contributed by atoms with Gasteiger partial charge in [0.1, 0.15) is 0 Å². The van der Waals surface area contributed by atoms with Crippen molar-refractivity contribution in [2.24, 2.45) is 0 Å². The number of hydrogen-bond acceptors (Lipinski definition) is 2. The minimum Gasteiger partial charge on any atom is -0.373 e. The van der Waals surface area contributed by atoms with Gasteiger partial charge in [0.15, 0.2) is 0 Å². The van der Waals surface area contributed by atoms with Gasteiger partial charge in [-0.1, -0.05) is 18.2 Å². The summed E-state index contributed by atoms with van der Waals surface area (Å²) in [6, 6.07) is 6.62. The van der Waals surface area contributed by atoms with E-state index in [4.69, 9.17) is 4.74 Å². The lowest BCUT2D eigenvalue weighted by molar-refractivity contribution is -0.139. The minimum absolute atomic E-state index is 0.0415. The zero-order valence-corrected chi connectivity index (χ0v) is 11.1. The summed E-state index contributed by atoms with van der Waals surface area (Å²) in [6.45, 7) is 0.0415. The molecule has 3 rings (SSSR count). The summed E-state index contributed by atoms with van der Waals surface area (Å²) in [6.07, 6.45) is -0.106. The summed E-state index contributed by atoms with van der Waals surface area (Å²) in [5, 5.41) is 3.49. The average Bonchev–Trinajstić information content (AvgIpc) is 2.75. The molecule has 0 aliphatic carbocycles. The number of benzene rings is 1. The standard InChI is InChI=1S/C15H18F3NO/c16-15(17,18)14-4-2-1-3-10(14)9-20-13-7-11-5-6-12(8-13)19-11/h1-4,11-13,19H,5-9H2/t11-,12+,13?. The first kappa shape index (κ1) is 13.9. The molecular formula is C15H18F3NO. The largest absolute Gasteiger partial charge is 0.416 e. The van der Waals surface area contributed by atoms with Crippen LogP contribution in [0.5, 0.6) is 0 Å². The van der Waals surface area contributed by atoms with E-state index in [0.717, 1.165) is 31.7 Å². The lowest BCUT2D eigenvalue weighted by Gasteiger charge is -2.29. The topological polar surface area (TPSA) is 21.3 Å². The maximum atomic E-state index is 12.9. The zero-order valence-electron chi connectivity index (χ0n) is 11.1. The number of alkyl halides is 3. The molecule has 1 aromatic rings. The molecule has 2 nitrogen and oxygen atoms in total. The molecule has 2 fully saturated rings. The van der Waals surface area contributed by atoms with Crippen LogP contribution < -0.4 is 5.32 Å². The van der Waals surface area contributed by atoms with Crippen LogP contribution in [-0.4, -0.2) is 18.2 Å². The van der Waals surface area contributed by atoms with Crippen molar-refractivity contribution in [3.8, 4) is 0 Å². The Kier molecular flexibility index (Phi) is 3.73. The van der Waals surface area contributed by atoms with Gasteiger partial charge in [0.2, 0.25) is 0 Å². The van der Waals surface area contributed by atoms with Crippen LogP contribution in [0.1, 0.15) is 36.8 Å². The van der Waals surface area contributed by atoms with Crippen LogP contribution in [0, 0.1) is 0 Å². The summed E-state index contributed by atoms with van der Waals surface area (Å²) in [4.78, 5) is 0. The first-order valence-electron chi connectivity index (χ1n) is 7.05. The molecule has 5 heteroatoms. The molecule has 0 aromatic heterocycles. The van der Waals surface area contributed by atoms with Crippen LogP contribution in [0.4, 0.5) is 13.2 Å². The van der Waals surface area contributed by atoms with Gasteiger partial charge >= 0.3 is 6.18 Å². The number of halogens is 3. The average molecular weight is 285 g/mol. The molecule has 2 aliphatic rings. The number of nitrogens with one attached hydrogen (secondary N) is 1. The van der Waals surface area contributed by atoms with Crippen molar-refractivity contribution in [3.63, 3.8) is 0 Å². The third-order valence-electron chi connectivity index (χ3n) is 4.23. The predicted molar refractivity (Wildman–Crippen MR) is 69.2 cm³/mol. The molecule has 2 heterocycles. The van der Waals surface area contributed by atoms with Gasteiger partial charge < -0.3 is 10.1 Å². The Morgan fingerprint density at radius 2 is 1.75 bits per heavy atom. The Morgan fingerprint density at radius 3 is 2.40 bits per heavy atom. The van der Waals surface area contributed by atoms with Gasteiger partial charge in [-0.15, -0.1) is 0 Å². The monoisotopic (exact) mass is 285 g/mol. The molecule has 0 spiro atoms. The fourth-order valence-electron chi connectivity index (χ4n) is 3.27. The molecule has 1 N–H and O–H groups in total. The normalized spacial score (nSPS) is 29.6. The second kappa shape index (κ2) is 5.37. The number of rotatable bonds is 3. The highest BCUT2D eigenvalue weighted by atomic mass is 19.4. The van der Waals surface area contributed by atoms with E-state index in [1.807, 2.05) is 0 Å². The first-order chi connectivity index (χ1) is 9.52. The second-order valence-electron chi connectivity index (χ2n) is 5.70. The molecule has 0 saturated carbocycles. The van der Waals surface area contributed by atoms with E-state index in [1.54, 1.807) is 6.07 Å². The van der Waals surface area contributed by atoms with Crippen molar-refractivity contribution in [2.45, 2.75) is 56.7 Å². The van der Waals surface area contributed by atoms with Gasteiger partial charge in [0.25, 0.3) is 0 Å². The summed E-state index contributed by atoms with van der Waals surface area (Å²) in [7, 11) is 0. The number of piperidine rings is 1. The highest BCUT2D eigenvalue weighted by Crippen LogP contribution is 2.33. The van der Waals surface area contributed by atoms with E-state index in [9.17, 15) is 13.2 Å². The van der Waals surface area contributed by atoms with Crippen LogP contribution in [0.25, 0.3) is 0 Å². The molecule has 0 radical (unpaired) electrons. The second-order valence-corrected chi connectivity index (χ2v) is 5.70. The highest BCUT2D eigenvalue weighted by Gasteiger charge is 2.35. The smallest absolute Gasteiger partial charge is 0.373 e. The molecule has 3 atom stereocenters. The third-order valence-corrected chi connectivity index (χ3v) is 4.23. The quantitative estimate of drug-likeness (QED) is 0.917. The van der Waals surface area contributed by atoms with Crippen LogP contribution >= 0.6 is 0 Å². The first-order valence-corrected chi connectivity index (χ1v) is 7.05. The van der Waals surface area contributed by atoms with Gasteiger partial charge in [-0.3, -0.25) is 0 Å². The Labute approximate surface area is 116 Å². The fraction of sp³-hybridized carbons (Fsp3) is 0.600. The van der Waals surface area contributed by atoms with Crippen LogP contribution in [-0.2, 0) is 17.5 Å². The molecule has 2 aliphatic heterocycles. The van der Waals surface area contributed by atoms with Gasteiger partial charge in [-0.05, 0) is 37.3 Å². The Morgan fingerprint density at radius 1 is 1.10 bits per heavy atom. The Balaban J connectivity index is 1.64. The highest BCUT2D eigenvalue weighted by molar-refractivity contribution is 5.29. The van der Waals surface area contributed by atoms with Gasteiger partial charge in [-0.2, -0.15) is 13.2 Å². The predicted octanol–water partition coefficient (Wildman–Crippen LogP) is 3.51. The fourth-order valence-corrected chi connectivity index (χ4v) is 3.27. The van der Waals surface area contributed by atoms with Crippen molar-refractivity contribution in [3.05, 3.63) is 35.4 Å². The summed E-state index contributed by atoms with van der Waals surface area (Å²) in [5.41, 5.74) is -0.359. The zero-order chi connectivity index (χ0) is 14.2. The lowest BCUT2D eigenvalue weighted by atomic mass is 10.0. The van der Waals surface area contributed by atoms with Gasteiger partial charge in [-0.25, -0.2) is 0 Å². The van der Waals surface area contributed by atoms with E-state index in [1.165, 1.54) is 12.1 Å². The number of fused-ring (bicyclic) bond motifs is 2. The van der Waals surface area contributed by atoms with Crippen LogP contribution in [0.2, 0.25) is 0 Å². The molecule has 1 unspecified atom stereocenters. The molecule has 110 valence electrons. The van der Waals surface area contributed by atoms with Crippen molar-refractivity contribution < 1.29 is 17.9 Å². The summed E-state index contributed by atoms with van der Waals surface area (Å²) in [5.74, 6) is 0. The maximum absolute atomic E-state index is 12.9. The summed E-state index contributed by atoms with van der Waals surface area (Å²) < 4.78 is 44.4. The van der Waals surface area contributed by atoms with Crippen LogP contribution in [0.15, 0.2) is 24.3 Å². The molecule has 1 aromatic carbocycles. The van der Waals surface area contributed by atoms with E-state index < -0.39 is 11.7 Å². The SMILES string of the molecule is FC(F)(F)c1ccccc1COC1C[C@H]2CC[C@@H](C1)N2. The Hall–Kier alpha value is -1.07. The van der Waals surface area contributed by atoms with E-state index in [-0.39, 0.29) is 18.3 Å². The van der Waals surface area contributed by atoms with E-state index in [2.05, 4.69) is 5.32 Å². The number of ether oxygens (including phenoxy) is 1. The van der Waals surface area contributed by atoms with Gasteiger partial charge in [0, 0.05) is 12.1 Å². The minimum atomic E-state index is -4.31. The molecular weight excluding hydrogens is 267 g/mol. The van der Waals surface area contributed by atoms with Crippen LogP contribution in [0.3, 0.4) is 0 Å².